The molecule has 1 saturated carbocycles. The first-order valence-corrected chi connectivity index (χ1v) is 14.9. The molecule has 1 N–H and O–H groups in total. The predicted octanol–water partition coefficient (Wildman–Crippen LogP) is 6.98. The average molecular weight is 576 g/mol. The van der Waals surface area contributed by atoms with Crippen LogP contribution in [0.5, 0.6) is 11.5 Å². The molecule has 2 bridgehead atoms. The standard InChI is InChI=1S/C34H38ClNO5/c1-21(2)41-30-19-28-23(17-29(30)39-4)18-31(37)36(32(28)22-5-9-25(35)10-6-22)26-11-7-24(8-12-26)33(3,38)34-15-13-27(14-16-34)40-20-34/h5-12,17,19,21,27,32,38H,13-16,18,20H2,1-4H3/t27?,32?,33-,34?/m0/s1. The summed E-state index contributed by atoms with van der Waals surface area (Å²) in [6, 6.07) is 19.0. The zero-order valence-electron chi connectivity index (χ0n) is 24.2. The first-order valence-electron chi connectivity index (χ1n) is 14.5. The van der Waals surface area contributed by atoms with Gasteiger partial charge in [-0.15, -0.1) is 0 Å². The van der Waals surface area contributed by atoms with E-state index in [-0.39, 0.29) is 23.8 Å². The Morgan fingerprint density at radius 3 is 2.32 bits per heavy atom. The van der Waals surface area contributed by atoms with Crippen LogP contribution in [0.25, 0.3) is 0 Å². The summed E-state index contributed by atoms with van der Waals surface area (Å²) in [5, 5.41) is 12.5. The van der Waals surface area contributed by atoms with E-state index in [1.807, 2.05) is 86.3 Å². The quantitative estimate of drug-likeness (QED) is 0.329. The summed E-state index contributed by atoms with van der Waals surface area (Å²) in [5.41, 5.74) is 3.11. The van der Waals surface area contributed by atoms with E-state index in [9.17, 15) is 9.90 Å². The van der Waals surface area contributed by atoms with Crippen LogP contribution in [-0.2, 0) is 21.6 Å². The number of ether oxygens (including phenoxy) is 3. The topological polar surface area (TPSA) is 68.2 Å². The van der Waals surface area contributed by atoms with Gasteiger partial charge in [0.1, 0.15) is 0 Å². The molecule has 0 radical (unpaired) electrons. The van der Waals surface area contributed by atoms with Gasteiger partial charge < -0.3 is 24.2 Å². The van der Waals surface area contributed by atoms with Gasteiger partial charge in [0.05, 0.1) is 44.0 Å². The number of rotatable bonds is 7. The normalized spacial score (nSPS) is 25.1. The second kappa shape index (κ2) is 10.6. The SMILES string of the molecule is COc1cc2c(cc1OC(C)C)C(c1ccc(Cl)cc1)N(c1ccc([C@](C)(O)C34CCC(CC3)OC4)cc1)C(=O)C2. The van der Waals surface area contributed by atoms with Gasteiger partial charge in [0.15, 0.2) is 11.5 Å². The van der Waals surface area contributed by atoms with Crippen LogP contribution in [0.3, 0.4) is 0 Å². The number of amides is 1. The molecule has 3 heterocycles. The van der Waals surface area contributed by atoms with Gasteiger partial charge in [-0.3, -0.25) is 4.79 Å². The molecule has 0 spiro atoms. The monoisotopic (exact) mass is 575 g/mol. The lowest BCUT2D eigenvalue weighted by Crippen LogP contribution is -2.54. The number of hydrogen-bond donors (Lipinski definition) is 1. The van der Waals surface area contributed by atoms with Gasteiger partial charge in [-0.05, 0) is 105 Å². The van der Waals surface area contributed by atoms with Crippen molar-refractivity contribution in [1.29, 1.82) is 0 Å². The minimum atomic E-state index is -1.04. The van der Waals surface area contributed by atoms with Crippen LogP contribution < -0.4 is 14.4 Å². The van der Waals surface area contributed by atoms with Crippen LogP contribution in [-0.4, -0.2) is 36.9 Å². The first-order chi connectivity index (χ1) is 19.6. The fourth-order valence-corrected chi connectivity index (χ4v) is 7.07. The summed E-state index contributed by atoms with van der Waals surface area (Å²) in [6.45, 7) is 6.45. The molecule has 1 aliphatic carbocycles. The zero-order valence-corrected chi connectivity index (χ0v) is 24.9. The van der Waals surface area contributed by atoms with Crippen molar-refractivity contribution in [3.63, 3.8) is 0 Å². The molecule has 41 heavy (non-hydrogen) atoms. The molecule has 2 saturated heterocycles. The van der Waals surface area contributed by atoms with Crippen molar-refractivity contribution in [2.75, 3.05) is 18.6 Å². The number of anilines is 1. The Balaban J connectivity index is 1.41. The molecule has 6 nitrogen and oxygen atoms in total. The summed E-state index contributed by atoms with van der Waals surface area (Å²) in [5.74, 6) is 1.24. The zero-order chi connectivity index (χ0) is 28.9. The highest BCUT2D eigenvalue weighted by Crippen LogP contribution is 2.54. The van der Waals surface area contributed by atoms with Gasteiger partial charge in [-0.2, -0.15) is 0 Å². The minimum Gasteiger partial charge on any atom is -0.493 e. The summed E-state index contributed by atoms with van der Waals surface area (Å²) in [6.07, 6.45) is 4.42. The molecule has 4 aliphatic rings. The summed E-state index contributed by atoms with van der Waals surface area (Å²) < 4.78 is 17.8. The van der Waals surface area contributed by atoms with E-state index in [4.69, 9.17) is 25.8 Å². The summed E-state index contributed by atoms with van der Waals surface area (Å²) in [4.78, 5) is 15.7. The molecule has 1 amide bonds. The Kier molecular flexibility index (Phi) is 7.29. The fraction of sp³-hybridized carbons (Fsp3) is 0.441. The van der Waals surface area contributed by atoms with Gasteiger partial charge in [-0.25, -0.2) is 0 Å². The lowest BCUT2D eigenvalue weighted by molar-refractivity contribution is -0.202. The van der Waals surface area contributed by atoms with Crippen molar-refractivity contribution >= 4 is 23.2 Å². The highest BCUT2D eigenvalue weighted by Gasteiger charge is 2.53. The molecule has 7 heteroatoms. The third-order valence-corrected chi connectivity index (χ3v) is 9.61. The molecule has 0 aromatic heterocycles. The second-order valence-electron chi connectivity index (χ2n) is 12.2. The number of halogens is 1. The highest BCUT2D eigenvalue weighted by molar-refractivity contribution is 6.30. The van der Waals surface area contributed by atoms with E-state index >= 15 is 0 Å². The van der Waals surface area contributed by atoms with Crippen molar-refractivity contribution < 1.29 is 24.1 Å². The number of fused-ring (bicyclic) bond motifs is 4. The molecular formula is C34H38ClNO5. The highest BCUT2D eigenvalue weighted by atomic mass is 35.5. The number of benzene rings is 3. The van der Waals surface area contributed by atoms with E-state index in [0.717, 1.165) is 53.6 Å². The van der Waals surface area contributed by atoms with Gasteiger partial charge in [0.25, 0.3) is 0 Å². The van der Waals surface area contributed by atoms with E-state index < -0.39 is 11.6 Å². The molecule has 216 valence electrons. The van der Waals surface area contributed by atoms with E-state index in [1.54, 1.807) is 7.11 Å². The van der Waals surface area contributed by atoms with E-state index in [1.165, 1.54) is 0 Å². The fourth-order valence-electron chi connectivity index (χ4n) is 6.94. The minimum absolute atomic E-state index is 0.0193. The lowest BCUT2D eigenvalue weighted by atomic mass is 9.60. The Morgan fingerprint density at radius 2 is 1.73 bits per heavy atom. The second-order valence-corrected chi connectivity index (χ2v) is 12.6. The molecule has 3 fully saturated rings. The first kappa shape index (κ1) is 28.1. The largest absolute Gasteiger partial charge is 0.493 e. The maximum Gasteiger partial charge on any atom is 0.232 e. The maximum atomic E-state index is 13.9. The number of carbonyl (C=O) groups is 1. The molecule has 3 aromatic carbocycles. The Morgan fingerprint density at radius 1 is 1.05 bits per heavy atom. The molecular weight excluding hydrogens is 538 g/mol. The molecule has 1 unspecified atom stereocenters. The molecule has 3 aromatic rings. The predicted molar refractivity (Wildman–Crippen MR) is 160 cm³/mol. The van der Waals surface area contributed by atoms with Crippen LogP contribution in [0.4, 0.5) is 5.69 Å². The number of hydrogen-bond acceptors (Lipinski definition) is 5. The van der Waals surface area contributed by atoms with Crippen LogP contribution >= 0.6 is 11.6 Å². The summed E-state index contributed by atoms with van der Waals surface area (Å²) >= 11 is 6.26. The third-order valence-electron chi connectivity index (χ3n) is 9.36. The third kappa shape index (κ3) is 4.90. The maximum absolute atomic E-state index is 13.9. The van der Waals surface area contributed by atoms with Gasteiger partial charge in [-0.1, -0.05) is 35.9 Å². The van der Waals surface area contributed by atoms with Crippen molar-refractivity contribution in [2.24, 2.45) is 5.41 Å². The van der Waals surface area contributed by atoms with Crippen LogP contribution in [0, 0.1) is 5.41 Å². The Hall–Kier alpha value is -3.06. The number of methoxy groups -OCH3 is 1. The molecule has 7 rings (SSSR count). The number of nitrogens with zero attached hydrogens (tertiary/aromatic N) is 1. The van der Waals surface area contributed by atoms with Crippen LogP contribution in [0.2, 0.25) is 5.02 Å². The Bertz CT molecular complexity index is 1410. The van der Waals surface area contributed by atoms with Crippen LogP contribution in [0.15, 0.2) is 60.7 Å². The van der Waals surface area contributed by atoms with Crippen LogP contribution in [0.1, 0.15) is 74.8 Å². The summed E-state index contributed by atoms with van der Waals surface area (Å²) in [7, 11) is 1.61. The molecule has 3 aliphatic heterocycles. The number of carbonyl (C=O) groups excluding carboxylic acids is 1. The Labute approximate surface area is 247 Å². The van der Waals surface area contributed by atoms with Crippen molar-refractivity contribution in [2.45, 2.75) is 76.7 Å². The van der Waals surface area contributed by atoms with E-state index in [2.05, 4.69) is 0 Å². The van der Waals surface area contributed by atoms with Gasteiger partial charge in [0.2, 0.25) is 5.91 Å². The molecule has 2 atom stereocenters. The van der Waals surface area contributed by atoms with Crippen molar-refractivity contribution in [3.8, 4) is 11.5 Å². The van der Waals surface area contributed by atoms with Crippen molar-refractivity contribution in [3.05, 3.63) is 87.9 Å². The van der Waals surface area contributed by atoms with Gasteiger partial charge in [0, 0.05) is 16.1 Å². The van der Waals surface area contributed by atoms with Crippen molar-refractivity contribution in [1.82, 2.24) is 0 Å². The van der Waals surface area contributed by atoms with E-state index in [0.29, 0.717) is 29.2 Å². The lowest BCUT2D eigenvalue weighted by Gasteiger charge is -2.53. The smallest absolute Gasteiger partial charge is 0.232 e. The average Bonchev–Trinajstić information content (AvgIpc) is 2.97. The van der Waals surface area contributed by atoms with Gasteiger partial charge >= 0.3 is 0 Å². The number of aliphatic hydroxyl groups is 1.